The maximum Gasteiger partial charge on any atom is 0.270 e. The molecule has 0 spiro atoms. The Morgan fingerprint density at radius 2 is 1.50 bits per heavy atom. The van der Waals surface area contributed by atoms with Crippen molar-refractivity contribution >= 4 is 13.3 Å². The van der Waals surface area contributed by atoms with Crippen LogP contribution in [-0.4, -0.2) is 8.07 Å². The summed E-state index contributed by atoms with van der Waals surface area (Å²) in [6.07, 6.45) is -1.71. The predicted octanol–water partition coefficient (Wildman–Crippen LogP) is 5.48. The van der Waals surface area contributed by atoms with Gasteiger partial charge in [0.25, 0.3) is 6.08 Å². The first-order valence-electron chi connectivity index (χ1n) is 6.33. The molecule has 0 N–H and O–H groups in total. The van der Waals surface area contributed by atoms with Crippen LogP contribution in [0.3, 0.4) is 0 Å². The minimum atomic E-state index is -2.29. The highest BCUT2D eigenvalue weighted by Gasteiger charge is 2.36. The third-order valence-corrected chi connectivity index (χ3v) is 9.47. The minimum absolute atomic E-state index is 0.00750. The number of hydrogen-bond donors (Lipinski definition) is 0. The van der Waals surface area contributed by atoms with E-state index in [9.17, 15) is 13.2 Å². The molecule has 0 amide bonds. The highest BCUT2D eigenvalue weighted by Crippen LogP contribution is 2.39. The highest BCUT2D eigenvalue weighted by atomic mass is 28.3. The van der Waals surface area contributed by atoms with E-state index >= 15 is 0 Å². The highest BCUT2D eigenvalue weighted by molar-refractivity contribution is 6.96. The van der Waals surface area contributed by atoms with Crippen LogP contribution in [0.1, 0.15) is 26.3 Å². The largest absolute Gasteiger partial charge is 0.270 e. The van der Waals surface area contributed by atoms with E-state index in [-0.39, 0.29) is 10.8 Å². The smallest absolute Gasteiger partial charge is 0.206 e. The van der Waals surface area contributed by atoms with Crippen LogP contribution in [0.2, 0.25) is 18.1 Å². The maximum atomic E-state index is 13.8. The van der Waals surface area contributed by atoms with Crippen LogP contribution < -0.4 is 0 Å². The summed E-state index contributed by atoms with van der Waals surface area (Å²) in [5.41, 5.74) is 0.0923. The fourth-order valence-electron chi connectivity index (χ4n) is 2.53. The predicted molar refractivity (Wildman–Crippen MR) is 72.7 cm³/mol. The molecule has 0 bridgehead atoms. The molecule has 100 valence electrons. The molecule has 0 aromatic heterocycles. The minimum Gasteiger partial charge on any atom is -0.206 e. The third kappa shape index (κ3) is 2.69. The summed E-state index contributed by atoms with van der Waals surface area (Å²) < 4.78 is 40.5. The van der Waals surface area contributed by atoms with E-state index in [0.717, 1.165) is 0 Å². The van der Waals surface area contributed by atoms with Crippen LogP contribution in [0.4, 0.5) is 13.2 Å². The second-order valence-electron chi connectivity index (χ2n) is 4.46. The van der Waals surface area contributed by atoms with Gasteiger partial charge in [-0.05, 0) is 6.07 Å². The van der Waals surface area contributed by atoms with Crippen molar-refractivity contribution in [1.82, 2.24) is 0 Å². The Balaban J connectivity index is 3.46. The topological polar surface area (TPSA) is 0 Å². The van der Waals surface area contributed by atoms with E-state index in [1.165, 1.54) is 18.2 Å². The summed E-state index contributed by atoms with van der Waals surface area (Å²) in [4.78, 5) is 0. The lowest BCUT2D eigenvalue weighted by Crippen LogP contribution is -2.34. The van der Waals surface area contributed by atoms with Crippen molar-refractivity contribution < 1.29 is 13.2 Å². The Bertz CT molecular complexity index is 424. The van der Waals surface area contributed by atoms with Gasteiger partial charge in [-0.1, -0.05) is 57.1 Å². The van der Waals surface area contributed by atoms with Gasteiger partial charge in [-0.3, -0.25) is 0 Å². The summed E-state index contributed by atoms with van der Waals surface area (Å²) in [6, 6.07) is 7.98. The molecule has 0 saturated carbocycles. The molecule has 4 heteroatoms. The molecule has 1 aromatic rings. The summed E-state index contributed by atoms with van der Waals surface area (Å²) >= 11 is 0. The van der Waals surface area contributed by atoms with E-state index < -0.39 is 20.0 Å². The quantitative estimate of drug-likeness (QED) is 0.622. The Kier molecular flexibility index (Phi) is 5.20. The number of hydrogen-bond acceptors (Lipinski definition) is 0. The summed E-state index contributed by atoms with van der Waals surface area (Å²) in [7, 11) is -2.29. The van der Waals surface area contributed by atoms with Crippen LogP contribution >= 0.6 is 0 Å². The molecule has 1 rings (SSSR count). The van der Waals surface area contributed by atoms with Crippen molar-refractivity contribution in [2.24, 2.45) is 0 Å². The molecule has 0 nitrogen and oxygen atoms in total. The van der Waals surface area contributed by atoms with Crippen molar-refractivity contribution in [2.75, 3.05) is 0 Å². The van der Waals surface area contributed by atoms with E-state index in [0.29, 0.717) is 18.1 Å². The van der Waals surface area contributed by atoms with Crippen molar-refractivity contribution in [3.63, 3.8) is 0 Å². The van der Waals surface area contributed by atoms with Gasteiger partial charge in [0.1, 0.15) is 5.82 Å². The van der Waals surface area contributed by atoms with Gasteiger partial charge in [0.15, 0.2) is 0 Å². The second kappa shape index (κ2) is 6.23. The lowest BCUT2D eigenvalue weighted by Gasteiger charge is -2.30. The summed E-state index contributed by atoms with van der Waals surface area (Å²) in [5, 5.41) is 0.00750. The Labute approximate surface area is 108 Å². The summed E-state index contributed by atoms with van der Waals surface area (Å²) in [5.74, 6) is -0.549. The average Bonchev–Trinajstić information content (AvgIpc) is 2.37. The number of rotatable bonds is 5. The molecule has 0 aliphatic carbocycles. The van der Waals surface area contributed by atoms with Gasteiger partial charge in [0, 0.05) is 10.8 Å². The molecule has 18 heavy (non-hydrogen) atoms. The first-order chi connectivity index (χ1) is 8.52. The molecule has 0 unspecified atom stereocenters. The van der Waals surface area contributed by atoms with Crippen LogP contribution in [0, 0.1) is 5.82 Å². The van der Waals surface area contributed by atoms with Crippen molar-refractivity contribution in [2.45, 2.75) is 38.9 Å². The van der Waals surface area contributed by atoms with E-state index in [4.69, 9.17) is 0 Å². The van der Waals surface area contributed by atoms with Gasteiger partial charge in [-0.2, -0.15) is 8.78 Å². The van der Waals surface area contributed by atoms with Gasteiger partial charge in [-0.25, -0.2) is 4.39 Å². The first kappa shape index (κ1) is 15.0. The molecule has 0 fully saturated rings. The molecule has 0 radical (unpaired) electrons. The van der Waals surface area contributed by atoms with Gasteiger partial charge in [-0.15, -0.1) is 0 Å². The van der Waals surface area contributed by atoms with Crippen molar-refractivity contribution in [1.29, 1.82) is 0 Å². The number of halogens is 3. The fourth-order valence-corrected chi connectivity index (χ4v) is 6.27. The lowest BCUT2D eigenvalue weighted by molar-refractivity contribution is 0.426. The molecular formula is C14H19F3Si. The first-order valence-corrected chi connectivity index (χ1v) is 8.95. The normalized spacial score (nSPS) is 11.4. The van der Waals surface area contributed by atoms with E-state index in [1.807, 2.05) is 20.8 Å². The second-order valence-corrected chi connectivity index (χ2v) is 9.64. The molecule has 0 aliphatic rings. The Morgan fingerprint density at radius 3 is 1.89 bits per heavy atom. The van der Waals surface area contributed by atoms with Gasteiger partial charge in [0.05, 0.1) is 8.07 Å². The maximum absolute atomic E-state index is 13.8. The zero-order valence-corrected chi connectivity index (χ0v) is 12.1. The SMILES string of the molecule is CC[Si](CC)(CC)C(=C(F)F)c1ccccc1F. The number of benzene rings is 1. The van der Waals surface area contributed by atoms with Gasteiger partial charge in [0.2, 0.25) is 0 Å². The molecule has 0 saturated heterocycles. The van der Waals surface area contributed by atoms with Crippen LogP contribution in [0.25, 0.3) is 5.20 Å². The average molecular weight is 272 g/mol. The van der Waals surface area contributed by atoms with Crippen LogP contribution in [-0.2, 0) is 0 Å². The molecule has 0 atom stereocenters. The fraction of sp³-hybridized carbons (Fsp3) is 0.429. The third-order valence-electron chi connectivity index (χ3n) is 3.89. The van der Waals surface area contributed by atoms with Gasteiger partial charge >= 0.3 is 0 Å². The van der Waals surface area contributed by atoms with Crippen molar-refractivity contribution in [3.05, 3.63) is 41.7 Å². The van der Waals surface area contributed by atoms with Crippen LogP contribution in [0.5, 0.6) is 0 Å². The Morgan fingerprint density at radius 1 is 1.00 bits per heavy atom. The molecular weight excluding hydrogens is 253 g/mol. The van der Waals surface area contributed by atoms with Gasteiger partial charge < -0.3 is 0 Å². The van der Waals surface area contributed by atoms with Crippen molar-refractivity contribution in [3.8, 4) is 0 Å². The standard InChI is InChI=1S/C14H19F3Si/c1-4-18(5-2,6-3)13(14(16)17)11-9-7-8-10-12(11)15/h7-10H,4-6H2,1-3H3. The summed E-state index contributed by atoms with van der Waals surface area (Å²) in [6.45, 7) is 5.80. The van der Waals surface area contributed by atoms with Crippen LogP contribution in [0.15, 0.2) is 30.3 Å². The molecule has 1 aromatic carbocycles. The van der Waals surface area contributed by atoms with E-state index in [1.54, 1.807) is 6.07 Å². The molecule has 0 aliphatic heterocycles. The monoisotopic (exact) mass is 272 g/mol. The molecule has 0 heterocycles. The zero-order valence-electron chi connectivity index (χ0n) is 11.1. The Hall–Kier alpha value is -1.03. The lowest BCUT2D eigenvalue weighted by atomic mass is 10.2. The zero-order chi connectivity index (χ0) is 13.8. The van der Waals surface area contributed by atoms with E-state index in [2.05, 4.69) is 0 Å².